The van der Waals surface area contributed by atoms with Gasteiger partial charge >= 0.3 is 0 Å². The van der Waals surface area contributed by atoms with Crippen LogP contribution >= 0.6 is 0 Å². The average molecular weight is 288 g/mol. The molecular weight excluding hydrogens is 256 g/mol. The van der Waals surface area contributed by atoms with Gasteiger partial charge in [-0.25, -0.2) is 0 Å². The van der Waals surface area contributed by atoms with Crippen LogP contribution in [0.25, 0.3) is 0 Å². The number of nitrogens with zero attached hydrogens (tertiary/aromatic N) is 1. The van der Waals surface area contributed by atoms with Crippen LogP contribution in [0.15, 0.2) is 30.3 Å². The lowest BCUT2D eigenvalue weighted by atomic mass is 9.83. The zero-order valence-corrected chi connectivity index (χ0v) is 14.4. The van der Waals surface area contributed by atoms with Crippen LogP contribution in [-0.4, -0.2) is 36.1 Å². The summed E-state index contributed by atoms with van der Waals surface area (Å²) in [5, 5.41) is 3.80. The van der Waals surface area contributed by atoms with Gasteiger partial charge in [0.15, 0.2) is 0 Å². The van der Waals surface area contributed by atoms with E-state index in [-0.39, 0.29) is 0 Å². The Morgan fingerprint density at radius 1 is 1.24 bits per heavy atom. The molecule has 1 heterocycles. The molecule has 0 spiro atoms. The monoisotopic (exact) mass is 288 g/mol. The van der Waals surface area contributed by atoms with E-state index in [1.807, 2.05) is 0 Å². The maximum Gasteiger partial charge on any atom is 0.0264 e. The van der Waals surface area contributed by atoms with Crippen LogP contribution in [0.5, 0.6) is 0 Å². The van der Waals surface area contributed by atoms with Gasteiger partial charge in [-0.3, -0.25) is 4.90 Å². The average Bonchev–Trinajstić information content (AvgIpc) is 2.47. The van der Waals surface area contributed by atoms with Crippen LogP contribution in [0, 0.1) is 5.41 Å². The summed E-state index contributed by atoms with van der Waals surface area (Å²) < 4.78 is 0. The fraction of sp³-hybridized carbons (Fsp3) is 0.684. The lowest BCUT2D eigenvalue weighted by Crippen LogP contribution is -2.62. The molecule has 118 valence electrons. The summed E-state index contributed by atoms with van der Waals surface area (Å²) in [6.07, 6.45) is 2.37. The van der Waals surface area contributed by atoms with Crippen molar-refractivity contribution in [1.82, 2.24) is 10.2 Å². The van der Waals surface area contributed by atoms with E-state index < -0.39 is 0 Å². The van der Waals surface area contributed by atoms with Crippen molar-refractivity contribution in [1.29, 1.82) is 0 Å². The second kappa shape index (κ2) is 6.93. The summed E-state index contributed by atoms with van der Waals surface area (Å²) in [5.41, 5.74) is 1.77. The van der Waals surface area contributed by atoms with E-state index in [9.17, 15) is 0 Å². The molecule has 0 amide bonds. The van der Waals surface area contributed by atoms with Gasteiger partial charge in [0.2, 0.25) is 0 Å². The molecule has 0 aromatic heterocycles. The second-order valence-corrected chi connectivity index (χ2v) is 7.62. The van der Waals surface area contributed by atoms with Gasteiger partial charge < -0.3 is 5.32 Å². The predicted octanol–water partition coefficient (Wildman–Crippen LogP) is 3.72. The number of hydrogen-bond acceptors (Lipinski definition) is 2. The van der Waals surface area contributed by atoms with E-state index in [1.165, 1.54) is 12.0 Å². The SMILES string of the molecule is CCC(C)N1CC(C(C)(C)C)NCC1Cc1ccccc1. The molecule has 1 aromatic rings. The summed E-state index contributed by atoms with van der Waals surface area (Å²) in [7, 11) is 0. The second-order valence-electron chi connectivity index (χ2n) is 7.62. The van der Waals surface area contributed by atoms with E-state index in [4.69, 9.17) is 0 Å². The maximum atomic E-state index is 3.80. The van der Waals surface area contributed by atoms with Crippen LogP contribution in [-0.2, 0) is 6.42 Å². The highest BCUT2D eigenvalue weighted by Gasteiger charge is 2.35. The summed E-state index contributed by atoms with van der Waals surface area (Å²) >= 11 is 0. The third-order valence-corrected chi connectivity index (χ3v) is 4.98. The predicted molar refractivity (Wildman–Crippen MR) is 91.6 cm³/mol. The zero-order chi connectivity index (χ0) is 15.5. The van der Waals surface area contributed by atoms with Gasteiger partial charge in [-0.2, -0.15) is 0 Å². The molecule has 1 aromatic carbocycles. The van der Waals surface area contributed by atoms with Crippen molar-refractivity contribution in [2.45, 2.75) is 65.6 Å². The molecule has 2 nitrogen and oxygen atoms in total. The molecule has 1 N–H and O–H groups in total. The number of rotatable bonds is 4. The summed E-state index contributed by atoms with van der Waals surface area (Å²) in [6, 6.07) is 12.8. The van der Waals surface area contributed by atoms with Gasteiger partial charge in [-0.1, -0.05) is 58.0 Å². The van der Waals surface area contributed by atoms with Crippen molar-refractivity contribution < 1.29 is 0 Å². The number of piperazine rings is 1. The number of benzene rings is 1. The summed E-state index contributed by atoms with van der Waals surface area (Å²) in [6.45, 7) is 14.0. The minimum atomic E-state index is 0.323. The van der Waals surface area contributed by atoms with E-state index in [0.717, 1.165) is 19.5 Å². The van der Waals surface area contributed by atoms with Crippen molar-refractivity contribution in [2.75, 3.05) is 13.1 Å². The molecule has 1 aliphatic rings. The van der Waals surface area contributed by atoms with E-state index in [0.29, 0.717) is 23.5 Å². The van der Waals surface area contributed by atoms with Gasteiger partial charge in [-0.05, 0) is 30.7 Å². The first-order valence-corrected chi connectivity index (χ1v) is 8.45. The topological polar surface area (TPSA) is 15.3 Å². The quantitative estimate of drug-likeness (QED) is 0.908. The molecule has 1 aliphatic heterocycles. The first kappa shape index (κ1) is 16.5. The lowest BCUT2D eigenvalue weighted by molar-refractivity contribution is 0.0539. The normalized spacial score (nSPS) is 25.8. The number of nitrogens with one attached hydrogen (secondary N) is 1. The van der Waals surface area contributed by atoms with Crippen molar-refractivity contribution in [2.24, 2.45) is 5.41 Å². The molecule has 2 heteroatoms. The fourth-order valence-corrected chi connectivity index (χ4v) is 3.25. The number of hydrogen-bond donors (Lipinski definition) is 1. The zero-order valence-electron chi connectivity index (χ0n) is 14.4. The third-order valence-electron chi connectivity index (χ3n) is 4.98. The lowest BCUT2D eigenvalue weighted by Gasteiger charge is -2.47. The molecule has 0 radical (unpaired) electrons. The van der Waals surface area contributed by atoms with Crippen LogP contribution < -0.4 is 5.32 Å². The Kier molecular flexibility index (Phi) is 5.45. The van der Waals surface area contributed by atoms with Gasteiger partial charge in [0, 0.05) is 31.2 Å². The molecule has 1 fully saturated rings. The first-order chi connectivity index (χ1) is 9.91. The Hall–Kier alpha value is -0.860. The van der Waals surface area contributed by atoms with Gasteiger partial charge in [0.1, 0.15) is 0 Å². The molecule has 3 atom stereocenters. The Labute approximate surface area is 130 Å². The molecule has 0 aliphatic carbocycles. The summed E-state index contributed by atoms with van der Waals surface area (Å²) in [4.78, 5) is 2.74. The largest absolute Gasteiger partial charge is 0.311 e. The summed E-state index contributed by atoms with van der Waals surface area (Å²) in [5.74, 6) is 0. The Morgan fingerprint density at radius 2 is 1.90 bits per heavy atom. The van der Waals surface area contributed by atoms with Crippen LogP contribution in [0.1, 0.15) is 46.6 Å². The third kappa shape index (κ3) is 4.31. The smallest absolute Gasteiger partial charge is 0.0264 e. The first-order valence-electron chi connectivity index (χ1n) is 8.45. The van der Waals surface area contributed by atoms with E-state index in [1.54, 1.807) is 0 Å². The van der Waals surface area contributed by atoms with E-state index >= 15 is 0 Å². The maximum absolute atomic E-state index is 3.80. The Morgan fingerprint density at radius 3 is 2.48 bits per heavy atom. The molecule has 3 unspecified atom stereocenters. The standard InChI is InChI=1S/C19H32N2/c1-6-15(2)21-14-18(19(3,4)5)20-13-17(21)12-16-10-8-7-9-11-16/h7-11,15,17-18,20H,6,12-14H2,1-5H3. The highest BCUT2D eigenvalue weighted by Crippen LogP contribution is 2.26. The van der Waals surface area contributed by atoms with Crippen LogP contribution in [0.3, 0.4) is 0 Å². The minimum Gasteiger partial charge on any atom is -0.311 e. The van der Waals surface area contributed by atoms with E-state index in [2.05, 4.69) is 75.2 Å². The molecule has 0 saturated carbocycles. The van der Waals surface area contributed by atoms with Crippen LogP contribution in [0.4, 0.5) is 0 Å². The molecule has 2 rings (SSSR count). The van der Waals surface area contributed by atoms with Gasteiger partial charge in [0.05, 0.1) is 0 Å². The highest BCUT2D eigenvalue weighted by molar-refractivity contribution is 5.16. The molecule has 21 heavy (non-hydrogen) atoms. The van der Waals surface area contributed by atoms with Crippen molar-refractivity contribution in [3.8, 4) is 0 Å². The Bertz CT molecular complexity index is 421. The molecule has 1 saturated heterocycles. The Balaban J connectivity index is 2.09. The van der Waals surface area contributed by atoms with Crippen molar-refractivity contribution >= 4 is 0 Å². The van der Waals surface area contributed by atoms with Crippen molar-refractivity contribution in [3.63, 3.8) is 0 Å². The van der Waals surface area contributed by atoms with Gasteiger partial charge in [-0.15, -0.1) is 0 Å². The molecular formula is C19H32N2. The van der Waals surface area contributed by atoms with Gasteiger partial charge in [0.25, 0.3) is 0 Å². The van der Waals surface area contributed by atoms with Crippen molar-refractivity contribution in [3.05, 3.63) is 35.9 Å². The minimum absolute atomic E-state index is 0.323. The highest BCUT2D eigenvalue weighted by atomic mass is 15.3. The fourth-order valence-electron chi connectivity index (χ4n) is 3.25. The molecule has 0 bridgehead atoms. The van der Waals surface area contributed by atoms with Crippen LogP contribution in [0.2, 0.25) is 0 Å².